The lowest BCUT2D eigenvalue weighted by Crippen LogP contribution is -2.23. The van der Waals surface area contributed by atoms with E-state index in [0.29, 0.717) is 10.8 Å². The molecule has 1 unspecified atom stereocenters. The topological polar surface area (TPSA) is 59.3 Å². The maximum atomic E-state index is 10.8. The van der Waals surface area contributed by atoms with Crippen molar-refractivity contribution in [2.24, 2.45) is 0 Å². The van der Waals surface area contributed by atoms with Gasteiger partial charge in [-0.15, -0.1) is 11.3 Å². The zero-order valence-electron chi connectivity index (χ0n) is 11.5. The first-order valence-electron chi connectivity index (χ1n) is 6.69. The molecule has 0 aromatic carbocycles. The molecule has 0 radical (unpaired) electrons. The molecule has 2 aromatic rings. The van der Waals surface area contributed by atoms with Gasteiger partial charge in [-0.1, -0.05) is 11.6 Å². The lowest BCUT2D eigenvalue weighted by Gasteiger charge is -2.25. The minimum absolute atomic E-state index is 0.0773. The molecule has 5 nitrogen and oxygen atoms in total. The van der Waals surface area contributed by atoms with E-state index < -0.39 is 4.92 Å². The number of aromatic nitrogens is 1. The monoisotopic (exact) mass is 323 g/mol. The fraction of sp³-hybridized carbons (Fsp3) is 0.357. The van der Waals surface area contributed by atoms with Crippen molar-refractivity contribution in [3.63, 3.8) is 0 Å². The van der Waals surface area contributed by atoms with Crippen LogP contribution in [0.2, 0.25) is 5.02 Å². The summed E-state index contributed by atoms with van der Waals surface area (Å²) in [5.74, 6) is 0.635. The maximum absolute atomic E-state index is 10.8. The van der Waals surface area contributed by atoms with Crippen molar-refractivity contribution >= 4 is 34.4 Å². The van der Waals surface area contributed by atoms with E-state index in [2.05, 4.69) is 28.9 Å². The van der Waals surface area contributed by atoms with Crippen LogP contribution in [0.3, 0.4) is 0 Å². The minimum Gasteiger partial charge on any atom is -0.348 e. The molecule has 0 spiro atoms. The van der Waals surface area contributed by atoms with Crippen molar-refractivity contribution in [2.75, 3.05) is 11.4 Å². The van der Waals surface area contributed by atoms with Crippen LogP contribution in [0, 0.1) is 17.0 Å². The van der Waals surface area contributed by atoms with E-state index >= 15 is 0 Å². The van der Waals surface area contributed by atoms with Crippen LogP contribution >= 0.6 is 22.9 Å². The van der Waals surface area contributed by atoms with E-state index in [1.165, 1.54) is 22.0 Å². The van der Waals surface area contributed by atoms with Crippen molar-refractivity contribution in [1.82, 2.24) is 4.98 Å². The molecule has 21 heavy (non-hydrogen) atoms. The maximum Gasteiger partial charge on any atom is 0.289 e. The van der Waals surface area contributed by atoms with Crippen molar-refractivity contribution in [1.29, 1.82) is 0 Å². The van der Waals surface area contributed by atoms with Crippen molar-refractivity contribution in [3.8, 4) is 0 Å². The second-order valence-corrected chi connectivity index (χ2v) is 6.78. The Kier molecular flexibility index (Phi) is 3.82. The number of hydrogen-bond acceptors (Lipinski definition) is 5. The molecule has 1 saturated heterocycles. The Morgan fingerprint density at radius 2 is 2.33 bits per heavy atom. The third-order valence-electron chi connectivity index (χ3n) is 3.63. The number of halogens is 1. The normalized spacial score (nSPS) is 18.2. The van der Waals surface area contributed by atoms with Gasteiger partial charge in [-0.2, -0.15) is 0 Å². The third-order valence-corrected chi connectivity index (χ3v) is 5.01. The van der Waals surface area contributed by atoms with E-state index in [9.17, 15) is 10.1 Å². The molecule has 1 aliphatic rings. The van der Waals surface area contributed by atoms with Crippen LogP contribution in [-0.2, 0) is 0 Å². The lowest BCUT2D eigenvalue weighted by atomic mass is 10.2. The molecule has 3 rings (SSSR count). The second-order valence-electron chi connectivity index (χ2n) is 5.06. The number of nitro groups is 1. The average molecular weight is 324 g/mol. The number of aryl methyl sites for hydroxylation is 1. The van der Waals surface area contributed by atoms with E-state index in [4.69, 9.17) is 11.6 Å². The largest absolute Gasteiger partial charge is 0.348 e. The smallest absolute Gasteiger partial charge is 0.289 e. The van der Waals surface area contributed by atoms with Crippen molar-refractivity contribution < 1.29 is 4.92 Å². The van der Waals surface area contributed by atoms with Crippen LogP contribution in [0.25, 0.3) is 0 Å². The summed E-state index contributed by atoms with van der Waals surface area (Å²) in [7, 11) is 0. The zero-order valence-corrected chi connectivity index (χ0v) is 13.0. The SMILES string of the molecule is Cc1ccc(C2CCCN2c2ncc([N+](=O)[O-])cc2Cl)s1. The van der Waals surface area contributed by atoms with Crippen LogP contribution in [0.15, 0.2) is 24.4 Å². The number of anilines is 1. The summed E-state index contributed by atoms with van der Waals surface area (Å²) in [5.41, 5.74) is -0.0773. The van der Waals surface area contributed by atoms with Crippen LogP contribution in [0.4, 0.5) is 11.5 Å². The molecule has 0 N–H and O–H groups in total. The highest BCUT2D eigenvalue weighted by molar-refractivity contribution is 7.12. The summed E-state index contributed by atoms with van der Waals surface area (Å²) in [6, 6.07) is 5.89. The van der Waals surface area contributed by atoms with Crippen LogP contribution in [0.1, 0.15) is 28.6 Å². The second kappa shape index (κ2) is 5.61. The standard InChI is InChI=1S/C14H14ClN3O2S/c1-9-4-5-13(21-9)12-3-2-6-17(12)14-11(15)7-10(8-16-14)18(19)20/h4-5,7-8,12H,2-3,6H2,1H3. The van der Waals surface area contributed by atoms with Gasteiger partial charge in [-0.05, 0) is 31.9 Å². The van der Waals surface area contributed by atoms with Crippen LogP contribution < -0.4 is 4.90 Å². The van der Waals surface area contributed by atoms with Gasteiger partial charge in [0.05, 0.1) is 16.0 Å². The van der Waals surface area contributed by atoms with Crippen molar-refractivity contribution in [2.45, 2.75) is 25.8 Å². The Bertz CT molecular complexity index is 689. The summed E-state index contributed by atoms with van der Waals surface area (Å²) in [5, 5.41) is 11.1. The first-order chi connectivity index (χ1) is 10.1. The number of nitrogens with zero attached hydrogens (tertiary/aromatic N) is 3. The van der Waals surface area contributed by atoms with Gasteiger partial charge in [0.25, 0.3) is 5.69 Å². The molecular weight excluding hydrogens is 310 g/mol. The predicted molar refractivity (Wildman–Crippen MR) is 84.3 cm³/mol. The number of pyridine rings is 1. The highest BCUT2D eigenvalue weighted by atomic mass is 35.5. The van der Waals surface area contributed by atoms with Crippen LogP contribution in [-0.4, -0.2) is 16.5 Å². The molecule has 0 bridgehead atoms. The number of hydrogen-bond donors (Lipinski definition) is 0. The minimum atomic E-state index is -0.479. The van der Waals surface area contributed by atoms with Gasteiger partial charge in [0.2, 0.25) is 0 Å². The fourth-order valence-corrected chi connectivity index (χ4v) is 3.97. The Hall–Kier alpha value is -1.66. The Morgan fingerprint density at radius 3 is 2.95 bits per heavy atom. The van der Waals surface area contributed by atoms with Gasteiger partial charge in [-0.3, -0.25) is 10.1 Å². The van der Waals surface area contributed by atoms with E-state index in [1.807, 2.05) is 0 Å². The summed E-state index contributed by atoms with van der Waals surface area (Å²) in [6.07, 6.45) is 3.39. The molecule has 1 atom stereocenters. The molecule has 1 aliphatic heterocycles. The van der Waals surface area contributed by atoms with Gasteiger partial charge in [0, 0.05) is 22.4 Å². The first kappa shape index (κ1) is 14.3. The molecule has 2 aromatic heterocycles. The zero-order chi connectivity index (χ0) is 15.0. The predicted octanol–water partition coefficient (Wildman–Crippen LogP) is 4.35. The summed E-state index contributed by atoms with van der Waals surface area (Å²) in [4.78, 5) is 19.2. The molecule has 7 heteroatoms. The molecule has 110 valence electrons. The average Bonchev–Trinajstić information content (AvgIpc) is 3.06. The summed E-state index contributed by atoms with van der Waals surface area (Å²) < 4.78 is 0. The summed E-state index contributed by atoms with van der Waals surface area (Å²) >= 11 is 7.98. The molecule has 3 heterocycles. The highest BCUT2D eigenvalue weighted by Crippen LogP contribution is 2.40. The molecule has 0 amide bonds. The molecule has 0 aliphatic carbocycles. The van der Waals surface area contributed by atoms with Crippen LogP contribution in [0.5, 0.6) is 0 Å². The van der Waals surface area contributed by atoms with Crippen molar-refractivity contribution in [3.05, 3.63) is 49.3 Å². The van der Waals surface area contributed by atoms with E-state index in [-0.39, 0.29) is 11.7 Å². The van der Waals surface area contributed by atoms with Gasteiger partial charge in [0.1, 0.15) is 12.0 Å². The van der Waals surface area contributed by atoms with Gasteiger partial charge < -0.3 is 4.90 Å². The Labute approximate surface area is 131 Å². The fourth-order valence-electron chi connectivity index (χ4n) is 2.68. The number of rotatable bonds is 3. The highest BCUT2D eigenvalue weighted by Gasteiger charge is 2.30. The van der Waals surface area contributed by atoms with E-state index in [0.717, 1.165) is 19.4 Å². The Balaban J connectivity index is 1.93. The van der Waals surface area contributed by atoms with E-state index in [1.54, 1.807) is 11.3 Å². The van der Waals surface area contributed by atoms with Gasteiger partial charge >= 0.3 is 0 Å². The van der Waals surface area contributed by atoms with Gasteiger partial charge in [-0.25, -0.2) is 4.98 Å². The molecule has 1 fully saturated rings. The summed E-state index contributed by atoms with van der Waals surface area (Å²) in [6.45, 7) is 2.96. The Morgan fingerprint density at radius 1 is 1.52 bits per heavy atom. The molecule has 0 saturated carbocycles. The third kappa shape index (κ3) is 2.73. The quantitative estimate of drug-likeness (QED) is 0.622. The first-order valence-corrected chi connectivity index (χ1v) is 7.88. The molecular formula is C14H14ClN3O2S. The van der Waals surface area contributed by atoms with Gasteiger partial charge in [0.15, 0.2) is 0 Å². The number of thiophene rings is 1. The lowest BCUT2D eigenvalue weighted by molar-refractivity contribution is -0.385.